The molecule has 3 N–H and O–H groups in total. The summed E-state index contributed by atoms with van der Waals surface area (Å²) in [7, 11) is 1.84. The van der Waals surface area contributed by atoms with E-state index in [9.17, 15) is 4.79 Å². The van der Waals surface area contributed by atoms with Crippen molar-refractivity contribution in [2.75, 3.05) is 19.6 Å². The van der Waals surface area contributed by atoms with Crippen LogP contribution >= 0.6 is 23.2 Å². The van der Waals surface area contributed by atoms with Crippen LogP contribution in [0.3, 0.4) is 0 Å². The molecular weight excluding hydrogens is 365 g/mol. The Labute approximate surface area is 159 Å². The second-order valence-corrected chi connectivity index (χ2v) is 7.15. The van der Waals surface area contributed by atoms with E-state index in [0.717, 1.165) is 12.2 Å². The molecule has 0 bridgehead atoms. The van der Waals surface area contributed by atoms with E-state index in [2.05, 4.69) is 20.9 Å². The third-order valence-electron chi connectivity index (χ3n) is 3.04. The highest BCUT2D eigenvalue weighted by Gasteiger charge is 2.15. The third-order valence-corrected chi connectivity index (χ3v) is 3.89. The molecule has 7 nitrogen and oxygen atoms in total. The molecule has 0 saturated heterocycles. The molecular formula is C16H27Cl2N5O2. The first-order valence-electron chi connectivity index (χ1n) is 8.12. The van der Waals surface area contributed by atoms with Crippen molar-refractivity contribution >= 4 is 35.3 Å². The van der Waals surface area contributed by atoms with Crippen LogP contribution in [0, 0.1) is 0 Å². The van der Waals surface area contributed by atoms with Crippen LogP contribution in [0.2, 0.25) is 10.2 Å². The number of carbonyl (C=O) groups is 1. The predicted molar refractivity (Wildman–Crippen MR) is 102 cm³/mol. The number of carbonyl (C=O) groups excluding carboxylic acids is 1. The van der Waals surface area contributed by atoms with Crippen molar-refractivity contribution in [3.63, 3.8) is 0 Å². The second-order valence-electron chi connectivity index (χ2n) is 6.38. The molecule has 0 fully saturated rings. The Morgan fingerprint density at radius 1 is 1.24 bits per heavy atom. The Hall–Kier alpha value is -1.60. The molecule has 1 rings (SSSR count). The normalized spacial score (nSPS) is 12.0. The zero-order valence-corrected chi connectivity index (χ0v) is 16.9. The van der Waals surface area contributed by atoms with Crippen molar-refractivity contribution in [2.45, 2.75) is 39.8 Å². The van der Waals surface area contributed by atoms with Gasteiger partial charge in [0.15, 0.2) is 5.96 Å². The van der Waals surface area contributed by atoms with Gasteiger partial charge in [0.1, 0.15) is 10.8 Å². The number of nitrogens with one attached hydrogen (secondary N) is 3. The fraction of sp³-hybridized carbons (Fsp3) is 0.625. The van der Waals surface area contributed by atoms with Crippen molar-refractivity contribution in [2.24, 2.45) is 12.0 Å². The van der Waals surface area contributed by atoms with Crippen molar-refractivity contribution < 1.29 is 9.53 Å². The van der Waals surface area contributed by atoms with Gasteiger partial charge in [-0.15, -0.1) is 0 Å². The molecule has 1 aromatic rings. The number of aliphatic imine (C=N–C) groups is 1. The van der Waals surface area contributed by atoms with Gasteiger partial charge in [0, 0.05) is 32.4 Å². The van der Waals surface area contributed by atoms with Crippen molar-refractivity contribution in [1.29, 1.82) is 0 Å². The lowest BCUT2D eigenvalue weighted by Crippen LogP contribution is -2.42. The van der Waals surface area contributed by atoms with E-state index in [1.54, 1.807) is 10.6 Å². The van der Waals surface area contributed by atoms with Gasteiger partial charge >= 0.3 is 6.09 Å². The van der Waals surface area contributed by atoms with Crippen LogP contribution in [-0.2, 0) is 18.3 Å². The summed E-state index contributed by atoms with van der Waals surface area (Å²) in [6, 6.07) is 1.79. The minimum Gasteiger partial charge on any atom is -0.444 e. The molecule has 0 unspecified atom stereocenters. The smallest absolute Gasteiger partial charge is 0.407 e. The molecule has 0 aliphatic heterocycles. The van der Waals surface area contributed by atoms with E-state index in [4.69, 9.17) is 27.9 Å². The molecule has 25 heavy (non-hydrogen) atoms. The van der Waals surface area contributed by atoms with E-state index < -0.39 is 11.7 Å². The minimum atomic E-state index is -0.508. The van der Waals surface area contributed by atoms with Gasteiger partial charge in [-0.3, -0.25) is 0 Å². The summed E-state index contributed by atoms with van der Waals surface area (Å²) in [4.78, 5) is 16.1. The van der Waals surface area contributed by atoms with Gasteiger partial charge < -0.3 is 25.3 Å². The number of nitrogens with zero attached hydrogens (tertiary/aromatic N) is 2. The number of alkyl carbamates (subject to hydrolysis) is 1. The number of hydrogen-bond acceptors (Lipinski definition) is 3. The molecule has 0 aliphatic rings. The average Bonchev–Trinajstić information content (AvgIpc) is 2.74. The summed E-state index contributed by atoms with van der Waals surface area (Å²) in [5.74, 6) is 0.641. The quantitative estimate of drug-likeness (QED) is 0.395. The Morgan fingerprint density at radius 2 is 1.88 bits per heavy atom. The van der Waals surface area contributed by atoms with E-state index in [1.807, 2.05) is 34.7 Å². The highest BCUT2D eigenvalue weighted by Crippen LogP contribution is 2.25. The highest BCUT2D eigenvalue weighted by atomic mass is 35.5. The van der Waals surface area contributed by atoms with Gasteiger partial charge in [0.2, 0.25) is 0 Å². The largest absolute Gasteiger partial charge is 0.444 e. The Bertz CT molecular complexity index is 608. The molecule has 0 aliphatic carbocycles. The van der Waals surface area contributed by atoms with Crippen LogP contribution < -0.4 is 16.0 Å². The summed E-state index contributed by atoms with van der Waals surface area (Å²) in [6.45, 7) is 9.53. The number of amides is 1. The number of halogens is 2. The van der Waals surface area contributed by atoms with E-state index >= 15 is 0 Å². The zero-order valence-electron chi connectivity index (χ0n) is 15.4. The van der Waals surface area contributed by atoms with Gasteiger partial charge in [0.25, 0.3) is 0 Å². The van der Waals surface area contributed by atoms with Crippen LogP contribution in [0.25, 0.3) is 0 Å². The fourth-order valence-corrected chi connectivity index (χ4v) is 2.32. The Balaban J connectivity index is 2.48. The number of guanidine groups is 1. The molecule has 0 aromatic carbocycles. The third kappa shape index (κ3) is 7.88. The first kappa shape index (κ1) is 21.4. The predicted octanol–water partition coefficient (Wildman–Crippen LogP) is 2.91. The monoisotopic (exact) mass is 391 g/mol. The molecule has 142 valence electrons. The molecule has 9 heteroatoms. The molecule has 0 radical (unpaired) electrons. The number of rotatable bonds is 6. The van der Waals surface area contributed by atoms with Gasteiger partial charge in [-0.1, -0.05) is 23.2 Å². The van der Waals surface area contributed by atoms with E-state index in [-0.39, 0.29) is 0 Å². The Kier molecular flexibility index (Phi) is 8.38. The van der Waals surface area contributed by atoms with E-state index in [0.29, 0.717) is 35.8 Å². The van der Waals surface area contributed by atoms with Gasteiger partial charge in [-0.25, -0.2) is 9.79 Å². The topological polar surface area (TPSA) is 79.7 Å². The fourth-order valence-electron chi connectivity index (χ4n) is 1.90. The summed E-state index contributed by atoms with van der Waals surface area (Å²) in [5, 5.41) is 9.97. The van der Waals surface area contributed by atoms with Crippen LogP contribution in [0.4, 0.5) is 4.79 Å². The maximum Gasteiger partial charge on any atom is 0.407 e. The molecule has 0 atom stereocenters. The first-order valence-corrected chi connectivity index (χ1v) is 8.88. The average molecular weight is 392 g/mol. The summed E-state index contributed by atoms with van der Waals surface area (Å²) in [5.41, 5.74) is 0.394. The standard InChI is InChI=1S/C16H27Cl2N5O2/c1-6-19-14(20-7-8-21-15(24)25-16(2,3)4)22-10-11-9-12(17)13(18)23(11)5/h9H,6-8,10H2,1-5H3,(H,21,24)(H2,19,20,22). The maximum atomic E-state index is 11.6. The Morgan fingerprint density at radius 3 is 2.40 bits per heavy atom. The lowest BCUT2D eigenvalue weighted by Gasteiger charge is -2.19. The van der Waals surface area contributed by atoms with Crippen molar-refractivity contribution in [3.05, 3.63) is 21.9 Å². The summed E-state index contributed by atoms with van der Waals surface area (Å²) < 4.78 is 6.97. The summed E-state index contributed by atoms with van der Waals surface area (Å²) >= 11 is 12.1. The van der Waals surface area contributed by atoms with Crippen LogP contribution in [0.1, 0.15) is 33.4 Å². The van der Waals surface area contributed by atoms with Crippen molar-refractivity contribution in [3.8, 4) is 0 Å². The molecule has 1 aromatic heterocycles. The first-order chi connectivity index (χ1) is 11.6. The maximum absolute atomic E-state index is 11.6. The highest BCUT2D eigenvalue weighted by molar-refractivity contribution is 6.41. The lowest BCUT2D eigenvalue weighted by molar-refractivity contribution is 0.0529. The minimum absolute atomic E-state index is 0.418. The SMILES string of the molecule is CCNC(=NCc1cc(Cl)c(Cl)n1C)NCCNC(=O)OC(C)(C)C. The lowest BCUT2D eigenvalue weighted by atomic mass is 10.2. The van der Waals surface area contributed by atoms with Crippen molar-refractivity contribution in [1.82, 2.24) is 20.5 Å². The van der Waals surface area contributed by atoms with Gasteiger partial charge in [-0.05, 0) is 33.8 Å². The van der Waals surface area contributed by atoms with Gasteiger partial charge in [-0.2, -0.15) is 0 Å². The summed E-state index contributed by atoms with van der Waals surface area (Å²) in [6.07, 6.45) is -0.440. The van der Waals surface area contributed by atoms with E-state index in [1.165, 1.54) is 0 Å². The number of hydrogen-bond donors (Lipinski definition) is 3. The van der Waals surface area contributed by atoms with Crippen LogP contribution in [-0.4, -0.2) is 41.9 Å². The molecule has 0 saturated carbocycles. The molecule has 1 amide bonds. The molecule has 1 heterocycles. The van der Waals surface area contributed by atoms with Crippen LogP contribution in [0.5, 0.6) is 0 Å². The zero-order chi connectivity index (χ0) is 19.0. The number of ether oxygens (including phenoxy) is 1. The second kappa shape index (κ2) is 9.77. The number of aromatic nitrogens is 1. The molecule has 0 spiro atoms. The van der Waals surface area contributed by atoms with Crippen LogP contribution in [0.15, 0.2) is 11.1 Å². The van der Waals surface area contributed by atoms with Gasteiger partial charge in [0.05, 0.1) is 11.6 Å².